The van der Waals surface area contributed by atoms with Crippen LogP contribution in [-0.4, -0.2) is 72.3 Å². The molecule has 0 aromatic rings. The predicted octanol–water partition coefficient (Wildman–Crippen LogP) is 0.942. The Morgan fingerprint density at radius 3 is 2.19 bits per heavy atom. The van der Waals surface area contributed by atoms with Gasteiger partial charge < -0.3 is 9.80 Å². The second-order valence-corrected chi connectivity index (χ2v) is 6.76. The van der Waals surface area contributed by atoms with Crippen LogP contribution in [0.4, 0.5) is 0 Å². The van der Waals surface area contributed by atoms with E-state index in [4.69, 9.17) is 0 Å². The summed E-state index contributed by atoms with van der Waals surface area (Å²) in [6.07, 6.45) is 6.79. The summed E-state index contributed by atoms with van der Waals surface area (Å²) in [4.78, 5) is 30.7. The number of piperazine rings is 1. The Morgan fingerprint density at radius 1 is 0.952 bits per heavy atom. The summed E-state index contributed by atoms with van der Waals surface area (Å²) in [5, 5.41) is 0. The van der Waals surface area contributed by atoms with E-state index in [0.717, 1.165) is 52.0 Å². The molecule has 118 valence electrons. The van der Waals surface area contributed by atoms with Gasteiger partial charge in [0.2, 0.25) is 11.8 Å². The smallest absolute Gasteiger partial charge is 0.239 e. The van der Waals surface area contributed by atoms with Crippen LogP contribution in [0.1, 0.15) is 38.5 Å². The van der Waals surface area contributed by atoms with Gasteiger partial charge >= 0.3 is 0 Å². The summed E-state index contributed by atoms with van der Waals surface area (Å²) in [5.74, 6) is 0.885. The molecule has 0 aromatic carbocycles. The van der Waals surface area contributed by atoms with Gasteiger partial charge in [0.15, 0.2) is 0 Å². The van der Waals surface area contributed by atoms with Crippen LogP contribution in [0.3, 0.4) is 0 Å². The molecule has 2 saturated heterocycles. The van der Waals surface area contributed by atoms with Crippen molar-refractivity contribution < 1.29 is 9.59 Å². The summed E-state index contributed by atoms with van der Waals surface area (Å²) in [5.41, 5.74) is 0. The first kappa shape index (κ1) is 14.8. The average molecular weight is 293 g/mol. The van der Waals surface area contributed by atoms with Crippen LogP contribution < -0.4 is 0 Å². The van der Waals surface area contributed by atoms with Crippen LogP contribution in [-0.2, 0) is 9.59 Å². The maximum absolute atomic E-state index is 12.5. The van der Waals surface area contributed by atoms with Crippen molar-refractivity contribution >= 4 is 11.8 Å². The van der Waals surface area contributed by atoms with Crippen molar-refractivity contribution in [2.24, 2.45) is 5.92 Å². The molecule has 0 radical (unpaired) electrons. The Bertz CT molecular complexity index is 398. The summed E-state index contributed by atoms with van der Waals surface area (Å²) < 4.78 is 0. The van der Waals surface area contributed by atoms with Gasteiger partial charge in [-0.05, 0) is 19.3 Å². The van der Waals surface area contributed by atoms with E-state index >= 15 is 0 Å². The largest absolute Gasteiger partial charge is 0.344 e. The fourth-order valence-corrected chi connectivity index (χ4v) is 4.00. The fraction of sp³-hybridized carbons (Fsp3) is 0.875. The molecule has 1 atom stereocenters. The normalized spacial score (nSPS) is 29.2. The Kier molecular flexibility index (Phi) is 4.48. The first-order valence-corrected chi connectivity index (χ1v) is 8.44. The van der Waals surface area contributed by atoms with Gasteiger partial charge in [0.25, 0.3) is 0 Å². The molecule has 1 saturated carbocycles. The zero-order valence-electron chi connectivity index (χ0n) is 13.1. The highest BCUT2D eigenvalue weighted by Crippen LogP contribution is 2.26. The molecule has 3 aliphatic rings. The highest BCUT2D eigenvalue weighted by atomic mass is 16.2. The number of hydrogen-bond donors (Lipinski definition) is 0. The molecule has 0 unspecified atom stereocenters. The standard InChI is InChI=1S/C16H27N3O2/c1-17-8-7-14(16(17)21)18-9-11-19(12-10-18)15(20)13-5-3-2-4-6-13/h13-14H,2-12H2,1H3/t14-/m1/s1. The number of carbonyl (C=O) groups is 2. The van der Waals surface area contributed by atoms with Gasteiger partial charge in [-0.2, -0.15) is 0 Å². The quantitative estimate of drug-likeness (QED) is 0.761. The molecule has 5 nitrogen and oxygen atoms in total. The maximum atomic E-state index is 12.5. The van der Waals surface area contributed by atoms with Crippen LogP contribution in [0.5, 0.6) is 0 Å². The Morgan fingerprint density at radius 2 is 1.62 bits per heavy atom. The molecule has 0 spiro atoms. The van der Waals surface area contributed by atoms with Gasteiger partial charge in [-0.3, -0.25) is 14.5 Å². The minimum Gasteiger partial charge on any atom is -0.344 e. The third-order valence-electron chi connectivity index (χ3n) is 5.42. The number of likely N-dealkylation sites (N-methyl/N-ethyl adjacent to an activating group) is 1. The lowest BCUT2D eigenvalue weighted by Gasteiger charge is -2.39. The summed E-state index contributed by atoms with van der Waals surface area (Å²) >= 11 is 0. The van der Waals surface area contributed by atoms with E-state index in [0.29, 0.717) is 5.91 Å². The van der Waals surface area contributed by atoms with Gasteiger partial charge in [-0.15, -0.1) is 0 Å². The van der Waals surface area contributed by atoms with Gasteiger partial charge in [-0.25, -0.2) is 0 Å². The van der Waals surface area contributed by atoms with Gasteiger partial charge in [0.1, 0.15) is 0 Å². The van der Waals surface area contributed by atoms with Crippen LogP contribution in [0.15, 0.2) is 0 Å². The third-order valence-corrected chi connectivity index (χ3v) is 5.42. The van der Waals surface area contributed by atoms with Crippen molar-refractivity contribution in [1.82, 2.24) is 14.7 Å². The monoisotopic (exact) mass is 293 g/mol. The van der Waals surface area contributed by atoms with Crippen LogP contribution in [0.25, 0.3) is 0 Å². The zero-order valence-corrected chi connectivity index (χ0v) is 13.1. The Hall–Kier alpha value is -1.10. The molecule has 2 aliphatic heterocycles. The van der Waals surface area contributed by atoms with Crippen molar-refractivity contribution in [1.29, 1.82) is 0 Å². The molecule has 1 aliphatic carbocycles. The van der Waals surface area contributed by atoms with Crippen molar-refractivity contribution in [2.45, 2.75) is 44.6 Å². The molecule has 3 fully saturated rings. The SMILES string of the molecule is CN1CC[C@@H](N2CCN(C(=O)C3CCCCC3)CC2)C1=O. The minimum atomic E-state index is 0.0573. The van der Waals surface area contributed by atoms with E-state index in [1.165, 1.54) is 19.3 Å². The van der Waals surface area contributed by atoms with E-state index in [1.54, 1.807) is 0 Å². The van der Waals surface area contributed by atoms with Crippen molar-refractivity contribution in [3.63, 3.8) is 0 Å². The lowest BCUT2D eigenvalue weighted by Crippen LogP contribution is -2.54. The van der Waals surface area contributed by atoms with Crippen LogP contribution in [0.2, 0.25) is 0 Å². The highest BCUT2D eigenvalue weighted by molar-refractivity contribution is 5.83. The summed E-state index contributed by atoms with van der Waals surface area (Å²) in [6, 6.07) is 0.0573. The second kappa shape index (κ2) is 6.34. The van der Waals surface area contributed by atoms with E-state index in [2.05, 4.69) is 4.90 Å². The fourth-order valence-electron chi connectivity index (χ4n) is 4.00. The number of nitrogens with zero attached hydrogens (tertiary/aromatic N) is 3. The van der Waals surface area contributed by atoms with Crippen molar-refractivity contribution in [3.8, 4) is 0 Å². The van der Waals surface area contributed by atoms with Gasteiger partial charge in [0, 0.05) is 45.7 Å². The van der Waals surface area contributed by atoms with Crippen molar-refractivity contribution in [3.05, 3.63) is 0 Å². The highest BCUT2D eigenvalue weighted by Gasteiger charge is 2.36. The van der Waals surface area contributed by atoms with Gasteiger partial charge in [0.05, 0.1) is 6.04 Å². The van der Waals surface area contributed by atoms with E-state index in [1.807, 2.05) is 16.8 Å². The van der Waals surface area contributed by atoms with E-state index in [9.17, 15) is 9.59 Å². The lowest BCUT2D eigenvalue weighted by atomic mass is 9.88. The Labute approximate surface area is 127 Å². The van der Waals surface area contributed by atoms with Crippen LogP contribution in [0, 0.1) is 5.92 Å². The van der Waals surface area contributed by atoms with E-state index in [-0.39, 0.29) is 17.9 Å². The Balaban J connectivity index is 1.50. The zero-order chi connectivity index (χ0) is 14.8. The minimum absolute atomic E-state index is 0.0573. The number of carbonyl (C=O) groups excluding carboxylic acids is 2. The number of hydrogen-bond acceptors (Lipinski definition) is 3. The van der Waals surface area contributed by atoms with Gasteiger partial charge in [-0.1, -0.05) is 19.3 Å². The molecule has 0 aromatic heterocycles. The molecule has 21 heavy (non-hydrogen) atoms. The first-order valence-electron chi connectivity index (χ1n) is 8.44. The number of amides is 2. The first-order chi connectivity index (χ1) is 10.2. The third kappa shape index (κ3) is 3.07. The number of rotatable bonds is 2. The average Bonchev–Trinajstić information content (AvgIpc) is 2.87. The second-order valence-electron chi connectivity index (χ2n) is 6.76. The summed E-state index contributed by atoms with van der Waals surface area (Å²) in [6.45, 7) is 4.15. The molecule has 0 bridgehead atoms. The van der Waals surface area contributed by atoms with Crippen molar-refractivity contribution in [2.75, 3.05) is 39.8 Å². The lowest BCUT2D eigenvalue weighted by molar-refractivity contribution is -0.139. The molecular weight excluding hydrogens is 266 g/mol. The number of likely N-dealkylation sites (tertiary alicyclic amines) is 1. The molecule has 3 rings (SSSR count). The predicted molar refractivity (Wildman–Crippen MR) is 80.8 cm³/mol. The summed E-state index contributed by atoms with van der Waals surface area (Å²) in [7, 11) is 1.88. The molecule has 2 amide bonds. The topological polar surface area (TPSA) is 43.9 Å². The molecule has 2 heterocycles. The molecular formula is C16H27N3O2. The van der Waals surface area contributed by atoms with Crippen LogP contribution >= 0.6 is 0 Å². The maximum Gasteiger partial charge on any atom is 0.239 e. The molecule has 0 N–H and O–H groups in total. The molecule has 5 heteroatoms. The van der Waals surface area contributed by atoms with E-state index < -0.39 is 0 Å².